The van der Waals surface area contributed by atoms with E-state index in [1.807, 2.05) is 0 Å². The van der Waals surface area contributed by atoms with E-state index in [0.717, 1.165) is 0 Å². The molecule has 7 nitrogen and oxygen atoms in total. The molecule has 1 aromatic heterocycles. The lowest BCUT2D eigenvalue weighted by molar-refractivity contribution is -0.0413. The van der Waals surface area contributed by atoms with E-state index in [4.69, 9.17) is 13.6 Å². The van der Waals surface area contributed by atoms with Gasteiger partial charge in [-0.15, -0.1) is 0 Å². The van der Waals surface area contributed by atoms with E-state index in [2.05, 4.69) is 72.7 Å². The van der Waals surface area contributed by atoms with E-state index in [9.17, 15) is 9.59 Å². The van der Waals surface area contributed by atoms with Crippen LogP contribution in [0.25, 0.3) is 0 Å². The first kappa shape index (κ1) is 26.2. The molecular weight excluding hydrogens is 428 g/mol. The Morgan fingerprint density at radius 3 is 2.13 bits per heavy atom. The number of H-pyrrole nitrogens is 1. The van der Waals surface area contributed by atoms with Crippen molar-refractivity contribution in [1.82, 2.24) is 9.55 Å². The monoisotopic (exact) mass is 470 g/mol. The van der Waals surface area contributed by atoms with Crippen LogP contribution < -0.4 is 11.2 Å². The molecule has 3 atom stereocenters. The number of hydrogen-bond acceptors (Lipinski definition) is 5. The number of nitrogens with one attached hydrogen (secondary N) is 1. The Bertz CT molecular complexity index is 893. The number of aryl methyl sites for hydroxylation is 1. The summed E-state index contributed by atoms with van der Waals surface area (Å²) in [4.78, 5) is 26.6. The molecule has 0 amide bonds. The van der Waals surface area contributed by atoms with E-state index in [1.165, 1.54) is 4.57 Å². The van der Waals surface area contributed by atoms with Crippen LogP contribution in [0.5, 0.6) is 0 Å². The molecule has 1 aliphatic heterocycles. The highest BCUT2D eigenvalue weighted by Gasteiger charge is 2.46. The van der Waals surface area contributed by atoms with Crippen LogP contribution in [0.4, 0.5) is 0 Å². The van der Waals surface area contributed by atoms with Crippen molar-refractivity contribution in [2.45, 2.75) is 110 Å². The Morgan fingerprint density at radius 2 is 1.61 bits per heavy atom. The van der Waals surface area contributed by atoms with Crippen molar-refractivity contribution in [1.29, 1.82) is 0 Å². The third-order valence-electron chi connectivity index (χ3n) is 7.30. The van der Waals surface area contributed by atoms with E-state index in [0.29, 0.717) is 18.6 Å². The van der Waals surface area contributed by atoms with E-state index < -0.39 is 28.6 Å². The molecule has 0 aliphatic carbocycles. The standard InChI is InChI=1S/C22H42N2O5Si2/c1-15-13-24(20(26)23-19(15)25)18-12-16(29-31(10,11)22(5,6)7)17(28-18)14-27-30(8,9)21(2,3)4/h13,16-18H,12,14H2,1-11H3,(H,23,25,26)/t16-,17+,18?/m1/s1. The highest BCUT2D eigenvalue weighted by molar-refractivity contribution is 6.74. The lowest BCUT2D eigenvalue weighted by Gasteiger charge is -2.40. The Morgan fingerprint density at radius 1 is 1.06 bits per heavy atom. The average molecular weight is 471 g/mol. The van der Waals surface area contributed by atoms with Gasteiger partial charge in [-0.25, -0.2) is 4.79 Å². The maximum atomic E-state index is 12.5. The minimum atomic E-state index is -2.06. The van der Waals surface area contributed by atoms with Gasteiger partial charge in [0, 0.05) is 18.2 Å². The smallest absolute Gasteiger partial charge is 0.330 e. The molecule has 0 radical (unpaired) electrons. The molecular formula is C22H42N2O5Si2. The first-order chi connectivity index (χ1) is 13.9. The fraction of sp³-hybridized carbons (Fsp3) is 0.818. The molecule has 1 fully saturated rings. The summed E-state index contributed by atoms with van der Waals surface area (Å²) >= 11 is 0. The zero-order valence-corrected chi connectivity index (χ0v) is 23.2. The number of aromatic amines is 1. The van der Waals surface area contributed by atoms with Crippen LogP contribution in [-0.2, 0) is 13.6 Å². The Hall–Kier alpha value is -1.01. The minimum absolute atomic E-state index is 0.0569. The van der Waals surface area contributed by atoms with Gasteiger partial charge in [0.2, 0.25) is 0 Å². The normalized spacial score (nSPS) is 23.4. The van der Waals surface area contributed by atoms with Gasteiger partial charge in [0.05, 0.1) is 12.7 Å². The molecule has 1 aliphatic rings. The SMILES string of the molecule is Cc1cn(C2C[C@@H](O[Si](C)(C)C(C)(C)C)[C@H](CO[Si](C)(C)C(C)(C)C)O2)c(=O)[nH]c1=O. The van der Waals surface area contributed by atoms with Crippen molar-refractivity contribution in [2.75, 3.05) is 6.61 Å². The van der Waals surface area contributed by atoms with E-state index >= 15 is 0 Å². The molecule has 9 heteroatoms. The summed E-state index contributed by atoms with van der Waals surface area (Å²) in [6.07, 6.45) is 1.18. The summed E-state index contributed by atoms with van der Waals surface area (Å²) < 4.78 is 21.0. The summed E-state index contributed by atoms with van der Waals surface area (Å²) in [6, 6.07) is 0. The highest BCUT2D eigenvalue weighted by Crippen LogP contribution is 2.42. The molecule has 1 saturated heterocycles. The molecule has 1 unspecified atom stereocenters. The molecule has 1 aromatic rings. The number of hydrogen-bond donors (Lipinski definition) is 1. The zero-order valence-electron chi connectivity index (χ0n) is 21.2. The van der Waals surface area contributed by atoms with Crippen LogP contribution >= 0.6 is 0 Å². The molecule has 2 rings (SSSR count). The van der Waals surface area contributed by atoms with Crippen LogP contribution in [0.2, 0.25) is 36.3 Å². The topological polar surface area (TPSA) is 82.6 Å². The minimum Gasteiger partial charge on any atom is -0.414 e. The van der Waals surface area contributed by atoms with Gasteiger partial charge in [-0.1, -0.05) is 41.5 Å². The van der Waals surface area contributed by atoms with E-state index in [1.54, 1.807) is 13.1 Å². The van der Waals surface area contributed by atoms with Gasteiger partial charge in [0.15, 0.2) is 16.6 Å². The van der Waals surface area contributed by atoms with Crippen LogP contribution in [0, 0.1) is 6.92 Å². The number of rotatable bonds is 6. The first-order valence-corrected chi connectivity index (χ1v) is 17.0. The largest absolute Gasteiger partial charge is 0.414 e. The fourth-order valence-corrected chi connectivity index (χ4v) is 5.38. The van der Waals surface area contributed by atoms with Crippen molar-refractivity contribution in [3.05, 3.63) is 32.6 Å². The predicted octanol–water partition coefficient (Wildman–Crippen LogP) is 4.54. The van der Waals surface area contributed by atoms with Gasteiger partial charge in [0.1, 0.15) is 12.3 Å². The zero-order chi connectivity index (χ0) is 24.0. The Balaban J connectivity index is 2.32. The Labute approximate surface area is 188 Å². The maximum Gasteiger partial charge on any atom is 0.330 e. The van der Waals surface area contributed by atoms with Gasteiger partial charge >= 0.3 is 5.69 Å². The van der Waals surface area contributed by atoms with E-state index in [-0.39, 0.29) is 27.8 Å². The molecule has 0 aromatic carbocycles. The molecule has 0 saturated carbocycles. The third kappa shape index (κ3) is 5.87. The first-order valence-electron chi connectivity index (χ1n) is 11.1. The summed E-state index contributed by atoms with van der Waals surface area (Å²) in [5, 5.41) is 0.148. The van der Waals surface area contributed by atoms with Gasteiger partial charge in [-0.3, -0.25) is 14.3 Å². The second-order valence-electron chi connectivity index (χ2n) is 11.8. The molecule has 178 valence electrons. The summed E-state index contributed by atoms with van der Waals surface area (Å²) in [5.41, 5.74) is -0.352. The molecule has 0 spiro atoms. The lowest BCUT2D eigenvalue weighted by Crippen LogP contribution is -2.48. The lowest BCUT2D eigenvalue weighted by atomic mass is 10.2. The quantitative estimate of drug-likeness (QED) is 0.617. The van der Waals surface area contributed by atoms with Crippen LogP contribution in [0.15, 0.2) is 15.8 Å². The second kappa shape index (κ2) is 8.74. The Kier molecular flexibility index (Phi) is 7.40. The third-order valence-corrected chi connectivity index (χ3v) is 16.3. The van der Waals surface area contributed by atoms with Crippen molar-refractivity contribution in [3.8, 4) is 0 Å². The number of aromatic nitrogens is 2. The summed E-state index contributed by atoms with van der Waals surface area (Å²) in [6.45, 7) is 24.3. The van der Waals surface area contributed by atoms with Crippen LogP contribution in [0.3, 0.4) is 0 Å². The van der Waals surface area contributed by atoms with Gasteiger partial charge in [-0.2, -0.15) is 0 Å². The molecule has 2 heterocycles. The number of nitrogens with zero attached hydrogens (tertiary/aromatic N) is 1. The van der Waals surface area contributed by atoms with Gasteiger partial charge in [-0.05, 0) is 43.2 Å². The van der Waals surface area contributed by atoms with Crippen molar-refractivity contribution < 1.29 is 13.6 Å². The molecule has 1 N–H and O–H groups in total. The van der Waals surface area contributed by atoms with Crippen molar-refractivity contribution in [3.63, 3.8) is 0 Å². The predicted molar refractivity (Wildman–Crippen MR) is 130 cm³/mol. The molecule has 0 bridgehead atoms. The van der Waals surface area contributed by atoms with Crippen molar-refractivity contribution in [2.24, 2.45) is 0 Å². The van der Waals surface area contributed by atoms with Crippen molar-refractivity contribution >= 4 is 16.6 Å². The van der Waals surface area contributed by atoms with Gasteiger partial charge < -0.3 is 13.6 Å². The maximum absolute atomic E-state index is 12.5. The fourth-order valence-electron chi connectivity index (χ4n) is 3.01. The summed E-state index contributed by atoms with van der Waals surface area (Å²) in [5.74, 6) is 0. The highest BCUT2D eigenvalue weighted by atomic mass is 28.4. The van der Waals surface area contributed by atoms with Crippen LogP contribution in [-0.4, -0.2) is 45.0 Å². The summed E-state index contributed by atoms with van der Waals surface area (Å²) in [7, 11) is -4.02. The van der Waals surface area contributed by atoms with Crippen LogP contribution in [0.1, 0.15) is 59.8 Å². The average Bonchev–Trinajstić information content (AvgIpc) is 2.96. The van der Waals surface area contributed by atoms with Gasteiger partial charge in [0.25, 0.3) is 5.56 Å². The second-order valence-corrected chi connectivity index (χ2v) is 21.4. The molecule has 31 heavy (non-hydrogen) atoms. The number of ether oxygens (including phenoxy) is 1.